The molecule has 1 aromatic carbocycles. The third-order valence-electron chi connectivity index (χ3n) is 3.05. The Morgan fingerprint density at radius 2 is 1.95 bits per heavy atom. The lowest BCUT2D eigenvalue weighted by atomic mass is 10.2. The van der Waals surface area contributed by atoms with Crippen LogP contribution in [0.5, 0.6) is 0 Å². The maximum Gasteiger partial charge on any atom is 0.238 e. The number of nitrogens with one attached hydrogen (secondary N) is 2. The van der Waals surface area contributed by atoms with Gasteiger partial charge in [0.05, 0.1) is 12.2 Å². The number of aromatic nitrogens is 2. The molecule has 1 aromatic heterocycles. The number of rotatable bonds is 5. The molecule has 0 radical (unpaired) electrons. The summed E-state index contributed by atoms with van der Waals surface area (Å²) in [6.07, 6.45) is 1.96. The van der Waals surface area contributed by atoms with Crippen molar-refractivity contribution in [3.63, 3.8) is 0 Å². The molecule has 106 valence electrons. The van der Waals surface area contributed by atoms with Crippen LogP contribution < -0.4 is 10.6 Å². The van der Waals surface area contributed by atoms with Gasteiger partial charge in [-0.1, -0.05) is 17.7 Å². The van der Waals surface area contributed by atoms with Crippen LogP contribution in [0.25, 0.3) is 0 Å². The van der Waals surface area contributed by atoms with Crippen molar-refractivity contribution in [2.75, 3.05) is 11.9 Å². The van der Waals surface area contributed by atoms with Crippen LogP contribution in [0.1, 0.15) is 16.8 Å². The molecule has 0 spiro atoms. The summed E-state index contributed by atoms with van der Waals surface area (Å²) in [7, 11) is 1.89. The van der Waals surface area contributed by atoms with Crippen LogP contribution in [0.3, 0.4) is 0 Å². The van der Waals surface area contributed by atoms with E-state index in [1.165, 1.54) is 5.56 Å². The predicted molar refractivity (Wildman–Crippen MR) is 79.5 cm³/mol. The Morgan fingerprint density at radius 1 is 1.25 bits per heavy atom. The summed E-state index contributed by atoms with van der Waals surface area (Å²) in [5, 5.41) is 10.2. The third kappa shape index (κ3) is 3.93. The van der Waals surface area contributed by atoms with E-state index in [0.29, 0.717) is 6.54 Å². The van der Waals surface area contributed by atoms with E-state index in [1.807, 2.05) is 51.4 Å². The van der Waals surface area contributed by atoms with Crippen molar-refractivity contribution in [2.24, 2.45) is 7.05 Å². The second kappa shape index (κ2) is 6.34. The number of carbonyl (C=O) groups excluding carboxylic acids is 1. The normalized spacial score (nSPS) is 10.6. The van der Waals surface area contributed by atoms with Gasteiger partial charge in [0, 0.05) is 31.0 Å². The molecule has 5 nitrogen and oxygen atoms in total. The second-order valence-corrected chi connectivity index (χ2v) is 4.93. The quantitative estimate of drug-likeness (QED) is 0.872. The van der Waals surface area contributed by atoms with Crippen LogP contribution in [0.4, 0.5) is 5.69 Å². The first kappa shape index (κ1) is 14.3. The van der Waals surface area contributed by atoms with Crippen molar-refractivity contribution in [2.45, 2.75) is 20.4 Å². The number of hydrogen-bond donors (Lipinski definition) is 2. The van der Waals surface area contributed by atoms with Gasteiger partial charge in [0.2, 0.25) is 5.91 Å². The number of anilines is 1. The van der Waals surface area contributed by atoms with Gasteiger partial charge in [0.1, 0.15) is 0 Å². The lowest BCUT2D eigenvalue weighted by Gasteiger charge is -2.06. The van der Waals surface area contributed by atoms with E-state index >= 15 is 0 Å². The number of nitrogens with zero attached hydrogens (tertiary/aromatic N) is 2. The van der Waals surface area contributed by atoms with Gasteiger partial charge in [0.25, 0.3) is 0 Å². The zero-order valence-electron chi connectivity index (χ0n) is 12.1. The Balaban J connectivity index is 1.78. The minimum absolute atomic E-state index is 0.0459. The molecule has 0 saturated carbocycles. The van der Waals surface area contributed by atoms with Gasteiger partial charge in [-0.05, 0) is 26.0 Å². The zero-order chi connectivity index (χ0) is 14.5. The van der Waals surface area contributed by atoms with Crippen LogP contribution >= 0.6 is 0 Å². The molecule has 5 heteroatoms. The third-order valence-corrected chi connectivity index (χ3v) is 3.05. The van der Waals surface area contributed by atoms with Crippen molar-refractivity contribution in [1.82, 2.24) is 15.1 Å². The maximum atomic E-state index is 11.8. The second-order valence-electron chi connectivity index (χ2n) is 4.93. The highest BCUT2D eigenvalue weighted by atomic mass is 16.1. The van der Waals surface area contributed by atoms with E-state index < -0.39 is 0 Å². The number of carbonyl (C=O) groups is 1. The lowest BCUT2D eigenvalue weighted by molar-refractivity contribution is -0.115. The molecule has 0 aliphatic heterocycles. The number of benzene rings is 1. The summed E-state index contributed by atoms with van der Waals surface area (Å²) in [5.74, 6) is -0.0459. The van der Waals surface area contributed by atoms with E-state index in [9.17, 15) is 4.79 Å². The zero-order valence-corrected chi connectivity index (χ0v) is 12.1. The highest BCUT2D eigenvalue weighted by Crippen LogP contribution is 2.08. The van der Waals surface area contributed by atoms with Crippen molar-refractivity contribution in [3.8, 4) is 0 Å². The van der Waals surface area contributed by atoms with Gasteiger partial charge in [0.15, 0.2) is 0 Å². The smallest absolute Gasteiger partial charge is 0.238 e. The van der Waals surface area contributed by atoms with Crippen LogP contribution in [-0.4, -0.2) is 22.2 Å². The molecule has 0 fully saturated rings. The summed E-state index contributed by atoms with van der Waals surface area (Å²) in [5.41, 5.74) is 4.09. The molecular formula is C15H20N4O. The van der Waals surface area contributed by atoms with Crippen LogP contribution in [-0.2, 0) is 18.4 Å². The molecule has 0 saturated heterocycles. The largest absolute Gasteiger partial charge is 0.325 e. The molecule has 0 atom stereocenters. The van der Waals surface area contributed by atoms with Gasteiger partial charge in [-0.25, -0.2) is 0 Å². The first-order valence-corrected chi connectivity index (χ1v) is 6.61. The molecule has 2 aromatic rings. The van der Waals surface area contributed by atoms with Gasteiger partial charge in [-0.3, -0.25) is 9.48 Å². The molecule has 0 aliphatic rings. The SMILES string of the molecule is Cc1ccc(NC(=O)CNCc2cn(C)nc2C)cc1. The number of hydrogen-bond acceptors (Lipinski definition) is 3. The number of aryl methyl sites for hydroxylation is 3. The average Bonchev–Trinajstić information content (AvgIpc) is 2.71. The first-order valence-electron chi connectivity index (χ1n) is 6.61. The molecule has 0 bridgehead atoms. The standard InChI is InChI=1S/C15H20N4O/c1-11-4-6-14(7-5-11)17-15(20)9-16-8-13-10-19(3)18-12(13)2/h4-7,10,16H,8-9H2,1-3H3,(H,17,20). The van der Waals surface area contributed by atoms with Crippen molar-refractivity contribution in [3.05, 3.63) is 47.3 Å². The Morgan fingerprint density at radius 3 is 2.55 bits per heavy atom. The summed E-state index contributed by atoms with van der Waals surface area (Å²) < 4.78 is 1.78. The molecule has 1 heterocycles. The Hall–Kier alpha value is -2.14. The van der Waals surface area contributed by atoms with Crippen molar-refractivity contribution in [1.29, 1.82) is 0 Å². The van der Waals surface area contributed by atoms with Crippen molar-refractivity contribution < 1.29 is 4.79 Å². The molecular weight excluding hydrogens is 252 g/mol. The highest BCUT2D eigenvalue weighted by Gasteiger charge is 2.05. The van der Waals surface area contributed by atoms with Gasteiger partial charge >= 0.3 is 0 Å². The van der Waals surface area contributed by atoms with Crippen LogP contribution in [0.15, 0.2) is 30.5 Å². The van der Waals surface area contributed by atoms with Crippen molar-refractivity contribution >= 4 is 11.6 Å². The summed E-state index contributed by atoms with van der Waals surface area (Å²) in [6.45, 7) is 4.90. The maximum absolute atomic E-state index is 11.8. The van der Waals surface area contributed by atoms with Gasteiger partial charge < -0.3 is 10.6 Å². The summed E-state index contributed by atoms with van der Waals surface area (Å²) in [6, 6.07) is 7.75. The molecule has 2 rings (SSSR count). The fourth-order valence-corrected chi connectivity index (χ4v) is 1.97. The van der Waals surface area contributed by atoms with E-state index in [-0.39, 0.29) is 12.5 Å². The molecule has 1 amide bonds. The monoisotopic (exact) mass is 272 g/mol. The molecule has 20 heavy (non-hydrogen) atoms. The molecule has 0 aliphatic carbocycles. The van der Waals surface area contributed by atoms with E-state index in [0.717, 1.165) is 16.9 Å². The highest BCUT2D eigenvalue weighted by molar-refractivity contribution is 5.92. The van der Waals surface area contributed by atoms with E-state index in [1.54, 1.807) is 4.68 Å². The summed E-state index contributed by atoms with van der Waals surface area (Å²) in [4.78, 5) is 11.8. The van der Waals surface area contributed by atoms with Crippen LogP contribution in [0.2, 0.25) is 0 Å². The Bertz CT molecular complexity index is 586. The first-order chi connectivity index (χ1) is 9.54. The predicted octanol–water partition coefficient (Wildman–Crippen LogP) is 1.77. The minimum atomic E-state index is -0.0459. The Kier molecular flexibility index (Phi) is 4.53. The van der Waals surface area contributed by atoms with Gasteiger partial charge in [-0.2, -0.15) is 5.10 Å². The fourth-order valence-electron chi connectivity index (χ4n) is 1.97. The molecule has 0 unspecified atom stereocenters. The fraction of sp³-hybridized carbons (Fsp3) is 0.333. The van der Waals surface area contributed by atoms with Gasteiger partial charge in [-0.15, -0.1) is 0 Å². The average molecular weight is 272 g/mol. The minimum Gasteiger partial charge on any atom is -0.325 e. The van der Waals surface area contributed by atoms with E-state index in [4.69, 9.17) is 0 Å². The van der Waals surface area contributed by atoms with Crippen LogP contribution in [0, 0.1) is 13.8 Å². The molecule has 2 N–H and O–H groups in total. The number of amides is 1. The lowest BCUT2D eigenvalue weighted by Crippen LogP contribution is -2.27. The Labute approximate surface area is 119 Å². The van der Waals surface area contributed by atoms with E-state index in [2.05, 4.69) is 15.7 Å². The summed E-state index contributed by atoms with van der Waals surface area (Å²) >= 11 is 0. The topological polar surface area (TPSA) is 59.0 Å².